The quantitative estimate of drug-likeness (QED) is 0.604. The van der Waals surface area contributed by atoms with Crippen molar-refractivity contribution < 1.29 is 9.53 Å². The van der Waals surface area contributed by atoms with E-state index in [9.17, 15) is 4.79 Å². The van der Waals surface area contributed by atoms with E-state index in [0.29, 0.717) is 6.61 Å². The molecule has 2 aromatic carbocycles. The fourth-order valence-electron chi connectivity index (χ4n) is 3.59. The van der Waals surface area contributed by atoms with Gasteiger partial charge in [0.1, 0.15) is 6.10 Å². The first kappa shape index (κ1) is 20.9. The first-order valence-electron chi connectivity index (χ1n) is 10.1. The zero-order chi connectivity index (χ0) is 20.6. The fourth-order valence-corrected chi connectivity index (χ4v) is 3.59. The first-order valence-corrected chi connectivity index (χ1v) is 10.1. The maximum atomic E-state index is 11.1. The number of carbonyl (C=O) groups is 1. The second kappa shape index (κ2) is 10.1. The largest absolute Gasteiger partial charge is 0.370 e. The van der Waals surface area contributed by atoms with Gasteiger partial charge in [0, 0.05) is 32.7 Å². The molecule has 1 aliphatic heterocycles. The summed E-state index contributed by atoms with van der Waals surface area (Å²) in [7, 11) is 1.82. The number of aryl methyl sites for hydroxylation is 1. The van der Waals surface area contributed by atoms with Crippen LogP contribution >= 0.6 is 0 Å². The average Bonchev–Trinajstić information content (AvgIpc) is 2.72. The molecule has 1 saturated heterocycles. The van der Waals surface area contributed by atoms with Gasteiger partial charge < -0.3 is 20.3 Å². The zero-order valence-corrected chi connectivity index (χ0v) is 17.4. The number of carbonyl (C=O) groups excluding carboxylic acids is 1. The van der Waals surface area contributed by atoms with E-state index in [4.69, 9.17) is 4.74 Å². The number of aliphatic imine (C=N–C) groups is 1. The van der Waals surface area contributed by atoms with Crippen LogP contribution in [0.3, 0.4) is 0 Å². The highest BCUT2D eigenvalue weighted by atomic mass is 16.5. The summed E-state index contributed by atoms with van der Waals surface area (Å²) in [6.07, 6.45) is 0.940. The Balaban J connectivity index is 1.53. The Morgan fingerprint density at radius 1 is 1.21 bits per heavy atom. The average molecular weight is 395 g/mol. The van der Waals surface area contributed by atoms with Crippen molar-refractivity contribution >= 4 is 17.6 Å². The third-order valence-electron chi connectivity index (χ3n) is 5.08. The van der Waals surface area contributed by atoms with Gasteiger partial charge in [0.15, 0.2) is 5.96 Å². The van der Waals surface area contributed by atoms with Crippen LogP contribution in [0.25, 0.3) is 0 Å². The molecule has 1 unspecified atom stereocenters. The van der Waals surface area contributed by atoms with E-state index in [0.717, 1.165) is 37.7 Å². The lowest BCUT2D eigenvalue weighted by atomic mass is 10.0. The molecule has 6 heteroatoms. The predicted octanol–water partition coefficient (Wildman–Crippen LogP) is 3.14. The molecule has 1 heterocycles. The van der Waals surface area contributed by atoms with Crippen LogP contribution < -0.4 is 10.6 Å². The second-order valence-electron chi connectivity index (χ2n) is 7.26. The highest BCUT2D eigenvalue weighted by Crippen LogP contribution is 2.24. The Bertz CT molecular complexity index is 848. The Morgan fingerprint density at radius 3 is 2.66 bits per heavy atom. The van der Waals surface area contributed by atoms with Crippen molar-refractivity contribution in [3.8, 4) is 0 Å². The van der Waals surface area contributed by atoms with E-state index in [1.807, 2.05) is 31.3 Å². The first-order chi connectivity index (χ1) is 14.1. The molecule has 0 radical (unpaired) electrons. The number of anilines is 1. The van der Waals surface area contributed by atoms with E-state index in [2.05, 4.69) is 51.7 Å². The molecule has 154 valence electrons. The number of rotatable bonds is 5. The van der Waals surface area contributed by atoms with Crippen LogP contribution in [0.1, 0.15) is 29.7 Å². The Kier molecular flexibility index (Phi) is 7.25. The number of ether oxygens (including phenoxy) is 1. The van der Waals surface area contributed by atoms with E-state index in [1.54, 1.807) is 0 Å². The fraction of sp³-hybridized carbons (Fsp3) is 0.391. The molecule has 2 aromatic rings. The molecule has 0 aliphatic carbocycles. The van der Waals surface area contributed by atoms with Crippen molar-refractivity contribution in [2.75, 3.05) is 38.6 Å². The van der Waals surface area contributed by atoms with Gasteiger partial charge in [-0.05, 0) is 42.2 Å². The molecule has 1 aliphatic rings. The summed E-state index contributed by atoms with van der Waals surface area (Å²) in [5.74, 6) is 0.847. The van der Waals surface area contributed by atoms with Crippen molar-refractivity contribution in [3.63, 3.8) is 0 Å². The number of hydrogen-bond donors (Lipinski definition) is 2. The second-order valence-corrected chi connectivity index (χ2v) is 7.26. The minimum absolute atomic E-state index is 0.0577. The zero-order valence-electron chi connectivity index (χ0n) is 17.4. The lowest BCUT2D eigenvalue weighted by molar-refractivity contribution is -0.114. The molecule has 1 atom stereocenters. The smallest absolute Gasteiger partial charge is 0.221 e. The van der Waals surface area contributed by atoms with Crippen LogP contribution in [0.2, 0.25) is 0 Å². The normalized spacial score (nSPS) is 17.1. The van der Waals surface area contributed by atoms with Crippen LogP contribution in [0.5, 0.6) is 0 Å². The molecule has 0 bridgehead atoms. The summed E-state index contributed by atoms with van der Waals surface area (Å²) in [5, 5.41) is 6.26. The molecule has 1 fully saturated rings. The molecule has 0 aromatic heterocycles. The maximum absolute atomic E-state index is 11.1. The molecular formula is C23H30N4O2. The number of hydrogen-bond acceptors (Lipinski definition) is 3. The number of benzene rings is 2. The monoisotopic (exact) mass is 394 g/mol. The molecule has 3 rings (SSSR count). The van der Waals surface area contributed by atoms with E-state index in [1.165, 1.54) is 23.6 Å². The standard InChI is InChI=1S/C23H30N4O2/c1-17-6-4-5-7-21(17)22-16-27(14-15-29-22)23(24-3)25-13-12-19-8-10-20(11-9-19)26-18(2)28/h4-11,22H,12-16H2,1-3H3,(H,24,25)(H,26,28). The van der Waals surface area contributed by atoms with Crippen molar-refractivity contribution in [1.29, 1.82) is 0 Å². The summed E-state index contributed by atoms with van der Waals surface area (Å²) in [5.41, 5.74) is 4.53. The molecule has 29 heavy (non-hydrogen) atoms. The lowest BCUT2D eigenvalue weighted by Crippen LogP contribution is -2.48. The Morgan fingerprint density at radius 2 is 1.97 bits per heavy atom. The van der Waals surface area contributed by atoms with Crippen molar-refractivity contribution in [1.82, 2.24) is 10.2 Å². The number of nitrogens with one attached hydrogen (secondary N) is 2. The number of nitrogens with zero attached hydrogens (tertiary/aromatic N) is 2. The maximum Gasteiger partial charge on any atom is 0.221 e. The van der Waals surface area contributed by atoms with Gasteiger partial charge in [0.25, 0.3) is 0 Å². The van der Waals surface area contributed by atoms with Crippen molar-refractivity contribution in [2.45, 2.75) is 26.4 Å². The summed E-state index contributed by atoms with van der Waals surface area (Å²) in [6, 6.07) is 16.3. The Labute approximate surface area is 173 Å². The third-order valence-corrected chi connectivity index (χ3v) is 5.08. The van der Waals surface area contributed by atoms with E-state index in [-0.39, 0.29) is 12.0 Å². The van der Waals surface area contributed by atoms with Gasteiger partial charge in [-0.3, -0.25) is 9.79 Å². The van der Waals surface area contributed by atoms with Crippen LogP contribution in [-0.4, -0.2) is 50.1 Å². The van der Waals surface area contributed by atoms with Crippen molar-refractivity contribution in [2.24, 2.45) is 4.99 Å². The van der Waals surface area contributed by atoms with Crippen molar-refractivity contribution in [3.05, 3.63) is 65.2 Å². The van der Waals surface area contributed by atoms with Gasteiger partial charge in [-0.1, -0.05) is 36.4 Å². The van der Waals surface area contributed by atoms with Crippen LogP contribution in [0.15, 0.2) is 53.5 Å². The van der Waals surface area contributed by atoms with Crippen LogP contribution in [-0.2, 0) is 16.0 Å². The highest BCUT2D eigenvalue weighted by molar-refractivity contribution is 5.88. The SMILES string of the molecule is CN=C(NCCc1ccc(NC(C)=O)cc1)N1CCOC(c2ccccc2C)C1. The van der Waals surface area contributed by atoms with Gasteiger partial charge in [0.05, 0.1) is 13.2 Å². The highest BCUT2D eigenvalue weighted by Gasteiger charge is 2.24. The summed E-state index contributed by atoms with van der Waals surface area (Å²) in [6.45, 7) is 6.73. The van der Waals surface area contributed by atoms with Crippen LogP contribution in [0, 0.1) is 6.92 Å². The van der Waals surface area contributed by atoms with Gasteiger partial charge in [-0.15, -0.1) is 0 Å². The van der Waals surface area contributed by atoms with Gasteiger partial charge in [-0.25, -0.2) is 0 Å². The van der Waals surface area contributed by atoms with E-state index < -0.39 is 0 Å². The minimum Gasteiger partial charge on any atom is -0.370 e. The van der Waals surface area contributed by atoms with Gasteiger partial charge >= 0.3 is 0 Å². The number of guanidine groups is 1. The minimum atomic E-state index is -0.0577. The van der Waals surface area contributed by atoms with Gasteiger partial charge in [-0.2, -0.15) is 0 Å². The summed E-state index contributed by atoms with van der Waals surface area (Å²) in [4.78, 5) is 17.8. The van der Waals surface area contributed by atoms with Crippen LogP contribution in [0.4, 0.5) is 5.69 Å². The predicted molar refractivity (Wildman–Crippen MR) is 117 cm³/mol. The summed E-state index contributed by atoms with van der Waals surface area (Å²) < 4.78 is 6.03. The summed E-state index contributed by atoms with van der Waals surface area (Å²) >= 11 is 0. The molecule has 1 amide bonds. The molecule has 0 spiro atoms. The lowest BCUT2D eigenvalue weighted by Gasteiger charge is -2.35. The molecule has 0 saturated carbocycles. The van der Waals surface area contributed by atoms with E-state index >= 15 is 0 Å². The Hall–Kier alpha value is -2.86. The molecule has 2 N–H and O–H groups in total. The molecule has 6 nitrogen and oxygen atoms in total. The van der Waals surface area contributed by atoms with Gasteiger partial charge in [0.2, 0.25) is 5.91 Å². The number of morpholine rings is 1. The number of amides is 1. The molecular weight excluding hydrogens is 364 g/mol. The topological polar surface area (TPSA) is 66.0 Å². The third kappa shape index (κ3) is 5.81.